The molecule has 1 unspecified atom stereocenters. The van der Waals surface area contributed by atoms with Crippen molar-refractivity contribution < 1.29 is 9.53 Å². The molecule has 0 saturated carbocycles. The number of carbonyl (C=O) groups excluding carboxylic acids is 1. The fraction of sp³-hybridized carbons (Fsp3) is 0.316. The lowest BCUT2D eigenvalue weighted by Crippen LogP contribution is -2.33. The van der Waals surface area contributed by atoms with Crippen molar-refractivity contribution in [2.45, 2.75) is 27.2 Å². The van der Waals surface area contributed by atoms with E-state index in [0.717, 1.165) is 34.5 Å². The molecular weight excluding hydrogens is 274 g/mol. The largest absolute Gasteiger partial charge is 0.492 e. The fourth-order valence-electron chi connectivity index (χ4n) is 3.10. The van der Waals surface area contributed by atoms with E-state index >= 15 is 0 Å². The van der Waals surface area contributed by atoms with Gasteiger partial charge in [0.1, 0.15) is 12.4 Å². The first-order valence-electron chi connectivity index (χ1n) is 7.64. The first-order chi connectivity index (χ1) is 10.5. The van der Waals surface area contributed by atoms with Gasteiger partial charge in [0.05, 0.1) is 5.92 Å². The van der Waals surface area contributed by atoms with Gasteiger partial charge in [-0.2, -0.15) is 0 Å². The maximum absolute atomic E-state index is 12.6. The lowest BCUT2D eigenvalue weighted by atomic mass is 9.95. The van der Waals surface area contributed by atoms with Gasteiger partial charge in [-0.25, -0.2) is 0 Å². The third kappa shape index (κ3) is 2.84. The minimum absolute atomic E-state index is 0.0320. The summed E-state index contributed by atoms with van der Waals surface area (Å²) >= 11 is 0. The number of carbonyl (C=O) groups is 1. The van der Waals surface area contributed by atoms with Crippen molar-refractivity contribution in [3.8, 4) is 5.75 Å². The van der Waals surface area contributed by atoms with Crippen LogP contribution in [-0.2, 0) is 11.2 Å². The molecule has 0 spiro atoms. The van der Waals surface area contributed by atoms with Gasteiger partial charge in [0.2, 0.25) is 5.91 Å². The summed E-state index contributed by atoms with van der Waals surface area (Å²) < 4.78 is 5.71. The molecule has 1 heterocycles. The molecule has 3 rings (SSSR count). The van der Waals surface area contributed by atoms with Crippen molar-refractivity contribution in [2.24, 2.45) is 5.92 Å². The Morgan fingerprint density at radius 1 is 1.14 bits per heavy atom. The maximum atomic E-state index is 12.6. The Morgan fingerprint density at radius 2 is 1.82 bits per heavy atom. The monoisotopic (exact) mass is 295 g/mol. The number of hydrogen-bond donors (Lipinski definition) is 1. The van der Waals surface area contributed by atoms with Crippen LogP contribution in [0.15, 0.2) is 36.4 Å². The van der Waals surface area contributed by atoms with Crippen LogP contribution in [0.1, 0.15) is 22.3 Å². The smallest absolute Gasteiger partial charge is 0.231 e. The van der Waals surface area contributed by atoms with E-state index in [-0.39, 0.29) is 11.8 Å². The number of para-hydroxylation sites is 1. The van der Waals surface area contributed by atoms with E-state index in [0.29, 0.717) is 6.61 Å². The first kappa shape index (κ1) is 14.6. The summed E-state index contributed by atoms with van der Waals surface area (Å²) in [6.45, 7) is 6.56. The quantitative estimate of drug-likeness (QED) is 0.915. The van der Waals surface area contributed by atoms with E-state index in [2.05, 4.69) is 24.4 Å². The minimum Gasteiger partial charge on any atom is -0.492 e. The van der Waals surface area contributed by atoms with Gasteiger partial charge < -0.3 is 10.1 Å². The SMILES string of the molecule is Cc1cc(C)c(NC(=O)C2COc3ccccc3C2)c(C)c1. The zero-order valence-electron chi connectivity index (χ0n) is 13.3. The highest BCUT2D eigenvalue weighted by Gasteiger charge is 2.26. The molecule has 0 aromatic heterocycles. The summed E-state index contributed by atoms with van der Waals surface area (Å²) in [7, 11) is 0. The number of amides is 1. The third-order valence-electron chi connectivity index (χ3n) is 4.17. The Morgan fingerprint density at radius 3 is 2.55 bits per heavy atom. The number of aryl methyl sites for hydroxylation is 3. The Bertz CT molecular complexity index is 698. The summed E-state index contributed by atoms with van der Waals surface area (Å²) in [5, 5.41) is 3.09. The molecule has 1 aliphatic heterocycles. The molecule has 1 amide bonds. The fourth-order valence-corrected chi connectivity index (χ4v) is 3.10. The standard InChI is InChI=1S/C19H21NO2/c1-12-8-13(2)18(14(3)9-12)20-19(21)16-10-15-6-4-5-7-17(15)22-11-16/h4-9,16H,10-11H2,1-3H3,(H,20,21). The predicted molar refractivity (Wildman–Crippen MR) is 88.4 cm³/mol. The number of fused-ring (bicyclic) bond motifs is 1. The maximum Gasteiger partial charge on any atom is 0.231 e. The Labute approximate surface area is 131 Å². The number of anilines is 1. The second kappa shape index (κ2) is 5.84. The number of ether oxygens (including phenoxy) is 1. The summed E-state index contributed by atoms with van der Waals surface area (Å²) in [6.07, 6.45) is 0.728. The van der Waals surface area contributed by atoms with Crippen LogP contribution in [0, 0.1) is 26.7 Å². The second-order valence-electron chi connectivity index (χ2n) is 6.08. The van der Waals surface area contributed by atoms with Crippen LogP contribution >= 0.6 is 0 Å². The van der Waals surface area contributed by atoms with Gasteiger partial charge in [-0.1, -0.05) is 35.9 Å². The highest BCUT2D eigenvalue weighted by Crippen LogP contribution is 2.28. The summed E-state index contributed by atoms with van der Waals surface area (Å²) in [4.78, 5) is 12.6. The van der Waals surface area contributed by atoms with Gasteiger partial charge in [-0.15, -0.1) is 0 Å². The molecule has 3 heteroatoms. The van der Waals surface area contributed by atoms with Crippen LogP contribution in [0.25, 0.3) is 0 Å². The molecule has 2 aromatic carbocycles. The van der Waals surface area contributed by atoms with Crippen molar-refractivity contribution in [3.05, 3.63) is 58.7 Å². The van der Waals surface area contributed by atoms with Gasteiger partial charge >= 0.3 is 0 Å². The van der Waals surface area contributed by atoms with Crippen molar-refractivity contribution in [3.63, 3.8) is 0 Å². The number of benzene rings is 2. The van der Waals surface area contributed by atoms with Crippen molar-refractivity contribution in [1.29, 1.82) is 0 Å². The zero-order chi connectivity index (χ0) is 15.7. The van der Waals surface area contributed by atoms with E-state index in [1.165, 1.54) is 5.56 Å². The average Bonchev–Trinajstić information content (AvgIpc) is 2.50. The van der Waals surface area contributed by atoms with Crippen LogP contribution in [0.2, 0.25) is 0 Å². The van der Waals surface area contributed by atoms with E-state index in [9.17, 15) is 4.79 Å². The lowest BCUT2D eigenvalue weighted by molar-refractivity contribution is -0.121. The van der Waals surface area contributed by atoms with Gasteiger partial charge in [0.25, 0.3) is 0 Å². The van der Waals surface area contributed by atoms with Gasteiger partial charge in [0, 0.05) is 5.69 Å². The van der Waals surface area contributed by atoms with Crippen LogP contribution < -0.4 is 10.1 Å². The van der Waals surface area contributed by atoms with Gasteiger partial charge in [0.15, 0.2) is 0 Å². The Balaban J connectivity index is 1.77. The summed E-state index contributed by atoms with van der Waals surface area (Å²) in [5.41, 5.74) is 5.44. The normalized spacial score (nSPS) is 16.6. The third-order valence-corrected chi connectivity index (χ3v) is 4.17. The molecule has 0 aliphatic carbocycles. The summed E-state index contributed by atoms with van der Waals surface area (Å²) in [5.74, 6) is 0.786. The lowest BCUT2D eigenvalue weighted by Gasteiger charge is -2.25. The van der Waals surface area contributed by atoms with Crippen LogP contribution in [0.3, 0.4) is 0 Å². The van der Waals surface area contributed by atoms with Gasteiger partial charge in [-0.3, -0.25) is 4.79 Å². The Kier molecular flexibility index (Phi) is 3.88. The zero-order valence-corrected chi connectivity index (χ0v) is 13.3. The second-order valence-corrected chi connectivity index (χ2v) is 6.08. The number of hydrogen-bond acceptors (Lipinski definition) is 2. The van der Waals surface area contributed by atoms with Crippen molar-refractivity contribution in [2.75, 3.05) is 11.9 Å². The molecule has 2 aromatic rings. The molecule has 3 nitrogen and oxygen atoms in total. The molecule has 0 fully saturated rings. The number of rotatable bonds is 2. The predicted octanol–water partition coefficient (Wildman–Crippen LogP) is 3.80. The number of nitrogens with one attached hydrogen (secondary N) is 1. The first-order valence-corrected chi connectivity index (χ1v) is 7.64. The Hall–Kier alpha value is -2.29. The topological polar surface area (TPSA) is 38.3 Å². The molecule has 1 atom stereocenters. The van der Waals surface area contributed by atoms with E-state index in [1.54, 1.807) is 0 Å². The van der Waals surface area contributed by atoms with E-state index in [1.807, 2.05) is 38.1 Å². The molecule has 0 saturated heterocycles. The van der Waals surface area contributed by atoms with E-state index in [4.69, 9.17) is 4.74 Å². The molecule has 1 aliphatic rings. The molecular formula is C19H21NO2. The van der Waals surface area contributed by atoms with Gasteiger partial charge in [-0.05, 0) is 49.9 Å². The van der Waals surface area contributed by atoms with E-state index < -0.39 is 0 Å². The highest BCUT2D eigenvalue weighted by atomic mass is 16.5. The van der Waals surface area contributed by atoms with Crippen LogP contribution in [0.4, 0.5) is 5.69 Å². The van der Waals surface area contributed by atoms with Crippen LogP contribution in [0.5, 0.6) is 5.75 Å². The van der Waals surface area contributed by atoms with Crippen LogP contribution in [-0.4, -0.2) is 12.5 Å². The molecule has 22 heavy (non-hydrogen) atoms. The minimum atomic E-state index is -0.144. The molecule has 0 radical (unpaired) electrons. The van der Waals surface area contributed by atoms with Crippen molar-refractivity contribution >= 4 is 11.6 Å². The highest BCUT2D eigenvalue weighted by molar-refractivity contribution is 5.94. The molecule has 114 valence electrons. The van der Waals surface area contributed by atoms with Crippen molar-refractivity contribution in [1.82, 2.24) is 0 Å². The average molecular weight is 295 g/mol. The molecule has 0 bridgehead atoms. The molecule has 1 N–H and O–H groups in total. The summed E-state index contributed by atoms with van der Waals surface area (Å²) in [6, 6.07) is 12.1.